The average molecular weight is 324 g/mol. The van der Waals surface area contributed by atoms with Crippen molar-refractivity contribution in [2.75, 3.05) is 7.11 Å². The number of hydrogen-bond acceptors (Lipinski definition) is 4. The van der Waals surface area contributed by atoms with Gasteiger partial charge in [-0.25, -0.2) is 4.98 Å². The van der Waals surface area contributed by atoms with Crippen LogP contribution in [0.15, 0.2) is 34.4 Å². The number of aromatic nitrogens is 2. The molecule has 3 aromatic rings. The van der Waals surface area contributed by atoms with Crippen molar-refractivity contribution in [3.05, 3.63) is 45.8 Å². The van der Waals surface area contributed by atoms with Crippen molar-refractivity contribution < 1.29 is 4.74 Å². The third-order valence-electron chi connectivity index (χ3n) is 3.72. The Labute approximate surface area is 138 Å². The van der Waals surface area contributed by atoms with Gasteiger partial charge in [0.25, 0.3) is 5.56 Å². The highest BCUT2D eigenvalue weighted by Gasteiger charge is 2.16. The molecule has 0 N–H and O–H groups in total. The second kappa shape index (κ2) is 6.27. The zero-order valence-corrected chi connectivity index (χ0v) is 13.8. The van der Waals surface area contributed by atoms with Crippen molar-refractivity contribution in [2.24, 2.45) is 0 Å². The van der Waals surface area contributed by atoms with Gasteiger partial charge in [-0.1, -0.05) is 25.0 Å². The first-order valence-corrected chi connectivity index (χ1v) is 8.16. The maximum Gasteiger partial charge on any atom is 0.263 e. The first kappa shape index (κ1) is 15.3. The summed E-state index contributed by atoms with van der Waals surface area (Å²) in [6, 6.07) is 7.66. The predicted octanol–water partition coefficient (Wildman–Crippen LogP) is 3.33. The Kier molecular flexibility index (Phi) is 4.18. The van der Waals surface area contributed by atoms with Gasteiger partial charge in [0.05, 0.1) is 19.0 Å². The summed E-state index contributed by atoms with van der Waals surface area (Å²) in [4.78, 5) is 18.3. The molecule has 2 heterocycles. The molecular weight excluding hydrogens is 308 g/mol. The lowest BCUT2D eigenvalue weighted by atomic mass is 10.1. The largest absolute Gasteiger partial charge is 0.497 e. The van der Waals surface area contributed by atoms with Gasteiger partial charge in [0.15, 0.2) is 0 Å². The summed E-state index contributed by atoms with van der Waals surface area (Å²) in [5.74, 6) is 4.02. The second-order valence-corrected chi connectivity index (χ2v) is 5.90. The number of hydrogen-bond donors (Lipinski definition) is 0. The van der Waals surface area contributed by atoms with Crippen LogP contribution in [-0.2, 0) is 13.0 Å². The topological polar surface area (TPSA) is 44.1 Å². The van der Waals surface area contributed by atoms with Crippen LogP contribution in [0.25, 0.3) is 21.3 Å². The lowest BCUT2D eigenvalue weighted by Gasteiger charge is -2.09. The molecule has 0 bridgehead atoms. The molecule has 0 amide bonds. The number of rotatable bonds is 4. The maximum atomic E-state index is 12.9. The normalized spacial score (nSPS) is 10.7. The molecule has 0 aliphatic heterocycles. The van der Waals surface area contributed by atoms with Crippen LogP contribution in [0.2, 0.25) is 0 Å². The third-order valence-corrected chi connectivity index (χ3v) is 4.59. The standard InChI is InChI=1S/C18H16N2O2S/c1-4-9-20-15(5-2)19-17-16(18(20)21)14(11-23-17)12-7-6-8-13(10-12)22-3/h1,6-8,10-11H,5,9H2,2-3H3. The number of terminal acetylenes is 1. The first-order chi connectivity index (χ1) is 11.2. The highest BCUT2D eigenvalue weighted by Crippen LogP contribution is 2.32. The Morgan fingerprint density at radius 2 is 2.26 bits per heavy atom. The lowest BCUT2D eigenvalue weighted by molar-refractivity contribution is 0.415. The van der Waals surface area contributed by atoms with Crippen LogP contribution in [-0.4, -0.2) is 16.7 Å². The SMILES string of the molecule is C#CCn1c(CC)nc2scc(-c3cccc(OC)c3)c2c1=O. The molecule has 0 unspecified atom stereocenters. The van der Waals surface area contributed by atoms with Crippen molar-refractivity contribution >= 4 is 21.6 Å². The van der Waals surface area contributed by atoms with E-state index in [-0.39, 0.29) is 12.1 Å². The zero-order valence-electron chi connectivity index (χ0n) is 13.0. The van der Waals surface area contributed by atoms with E-state index in [1.807, 2.05) is 36.6 Å². The molecule has 0 aliphatic rings. The number of nitrogens with zero attached hydrogens (tertiary/aromatic N) is 2. The maximum absolute atomic E-state index is 12.9. The van der Waals surface area contributed by atoms with Crippen LogP contribution < -0.4 is 10.3 Å². The number of methoxy groups -OCH3 is 1. The Morgan fingerprint density at radius 3 is 2.96 bits per heavy atom. The van der Waals surface area contributed by atoms with Crippen molar-refractivity contribution in [1.29, 1.82) is 0 Å². The van der Waals surface area contributed by atoms with Gasteiger partial charge >= 0.3 is 0 Å². The number of thiophene rings is 1. The molecule has 5 heteroatoms. The number of benzene rings is 1. The highest BCUT2D eigenvalue weighted by molar-refractivity contribution is 7.17. The van der Waals surface area contributed by atoms with E-state index >= 15 is 0 Å². The molecule has 0 saturated heterocycles. The summed E-state index contributed by atoms with van der Waals surface area (Å²) in [5.41, 5.74) is 1.73. The second-order valence-electron chi connectivity index (χ2n) is 5.04. The van der Waals surface area contributed by atoms with Crippen LogP contribution in [0.1, 0.15) is 12.7 Å². The fraction of sp³-hybridized carbons (Fsp3) is 0.222. The Bertz CT molecular complexity index is 963. The van der Waals surface area contributed by atoms with Gasteiger partial charge in [-0.05, 0) is 17.7 Å². The van der Waals surface area contributed by atoms with Gasteiger partial charge in [0, 0.05) is 17.4 Å². The molecule has 0 fully saturated rings. The number of fused-ring (bicyclic) bond motifs is 1. The summed E-state index contributed by atoms with van der Waals surface area (Å²) in [5, 5.41) is 2.59. The van der Waals surface area contributed by atoms with Crippen molar-refractivity contribution in [2.45, 2.75) is 19.9 Å². The van der Waals surface area contributed by atoms with E-state index in [1.165, 1.54) is 11.3 Å². The van der Waals surface area contributed by atoms with Crippen molar-refractivity contribution in [3.8, 4) is 29.2 Å². The van der Waals surface area contributed by atoms with Gasteiger partial charge < -0.3 is 4.74 Å². The van der Waals surface area contributed by atoms with Crippen molar-refractivity contribution in [3.63, 3.8) is 0 Å². The fourth-order valence-electron chi connectivity index (χ4n) is 2.59. The van der Waals surface area contributed by atoms with Crippen LogP contribution in [0.4, 0.5) is 0 Å². The molecule has 2 aromatic heterocycles. The Balaban J connectivity index is 2.30. The van der Waals surface area contributed by atoms with Crippen LogP contribution in [0.3, 0.4) is 0 Å². The summed E-state index contributed by atoms with van der Waals surface area (Å²) >= 11 is 1.48. The monoisotopic (exact) mass is 324 g/mol. The minimum absolute atomic E-state index is 0.0798. The summed E-state index contributed by atoms with van der Waals surface area (Å²) in [7, 11) is 1.62. The molecule has 4 nitrogen and oxygen atoms in total. The fourth-order valence-corrected chi connectivity index (χ4v) is 3.55. The average Bonchev–Trinajstić information content (AvgIpc) is 3.01. The predicted molar refractivity (Wildman–Crippen MR) is 94.1 cm³/mol. The highest BCUT2D eigenvalue weighted by atomic mass is 32.1. The van der Waals surface area contributed by atoms with Crippen LogP contribution in [0, 0.1) is 12.3 Å². The smallest absolute Gasteiger partial charge is 0.263 e. The molecule has 23 heavy (non-hydrogen) atoms. The summed E-state index contributed by atoms with van der Waals surface area (Å²) in [6.07, 6.45) is 6.07. The lowest BCUT2D eigenvalue weighted by Crippen LogP contribution is -2.24. The Hall–Kier alpha value is -2.58. The summed E-state index contributed by atoms with van der Waals surface area (Å²) in [6.45, 7) is 2.20. The summed E-state index contributed by atoms with van der Waals surface area (Å²) < 4.78 is 6.85. The quantitative estimate of drug-likeness (QED) is 0.692. The van der Waals surface area contributed by atoms with Gasteiger partial charge in [0.2, 0.25) is 0 Å². The molecule has 0 atom stereocenters. The first-order valence-electron chi connectivity index (χ1n) is 7.28. The van der Waals surface area contributed by atoms with Gasteiger partial charge in [-0.15, -0.1) is 17.8 Å². The Morgan fingerprint density at radius 1 is 1.43 bits per heavy atom. The van der Waals surface area contributed by atoms with Gasteiger partial charge in [-0.2, -0.15) is 0 Å². The minimum atomic E-state index is -0.0798. The molecular formula is C18H16N2O2S. The number of ether oxygens (including phenoxy) is 1. The van der Waals surface area contributed by atoms with Gasteiger partial charge in [0.1, 0.15) is 16.4 Å². The van der Waals surface area contributed by atoms with E-state index in [2.05, 4.69) is 10.9 Å². The molecule has 0 aliphatic carbocycles. The van der Waals surface area contributed by atoms with E-state index in [0.717, 1.165) is 27.5 Å². The van der Waals surface area contributed by atoms with E-state index in [0.29, 0.717) is 11.8 Å². The van der Waals surface area contributed by atoms with Gasteiger partial charge in [-0.3, -0.25) is 9.36 Å². The molecule has 3 rings (SSSR count). The molecule has 1 aromatic carbocycles. The van der Waals surface area contributed by atoms with E-state index in [1.54, 1.807) is 11.7 Å². The number of aryl methyl sites for hydroxylation is 1. The van der Waals surface area contributed by atoms with E-state index < -0.39 is 0 Å². The van der Waals surface area contributed by atoms with Crippen LogP contribution in [0.5, 0.6) is 5.75 Å². The minimum Gasteiger partial charge on any atom is -0.497 e. The molecule has 0 spiro atoms. The molecule has 0 radical (unpaired) electrons. The zero-order chi connectivity index (χ0) is 16.4. The van der Waals surface area contributed by atoms with E-state index in [9.17, 15) is 4.79 Å². The van der Waals surface area contributed by atoms with E-state index in [4.69, 9.17) is 11.2 Å². The van der Waals surface area contributed by atoms with Crippen molar-refractivity contribution in [1.82, 2.24) is 9.55 Å². The van der Waals surface area contributed by atoms with Crippen LogP contribution >= 0.6 is 11.3 Å². The molecule has 116 valence electrons. The third kappa shape index (κ3) is 2.62. The molecule has 0 saturated carbocycles.